The molecule has 1 aromatic carbocycles. The molecular weight excluding hydrogens is 260 g/mol. The van der Waals surface area contributed by atoms with Crippen molar-refractivity contribution >= 4 is 5.69 Å². The lowest BCUT2D eigenvalue weighted by atomic mass is 10.0. The predicted octanol–water partition coefficient (Wildman–Crippen LogP) is 4.00. The highest BCUT2D eigenvalue weighted by molar-refractivity contribution is 5.55. The predicted molar refractivity (Wildman–Crippen MR) is 92.1 cm³/mol. The Hall–Kier alpha value is -1.06. The molecule has 0 bridgehead atoms. The van der Waals surface area contributed by atoms with E-state index in [1.807, 2.05) is 0 Å². The Kier molecular flexibility index (Phi) is 8.40. The summed E-state index contributed by atoms with van der Waals surface area (Å²) in [6.07, 6.45) is 2.31. The van der Waals surface area contributed by atoms with Gasteiger partial charge >= 0.3 is 0 Å². The quantitative estimate of drug-likeness (QED) is 0.705. The lowest BCUT2D eigenvalue weighted by Gasteiger charge is -2.35. The fourth-order valence-corrected chi connectivity index (χ4v) is 2.95. The van der Waals surface area contributed by atoms with Crippen LogP contribution in [0.1, 0.15) is 52.1 Å². The lowest BCUT2D eigenvalue weighted by Crippen LogP contribution is -2.38. The van der Waals surface area contributed by atoms with Crippen molar-refractivity contribution in [3.05, 3.63) is 29.8 Å². The van der Waals surface area contributed by atoms with Crippen LogP contribution in [-0.4, -0.2) is 32.8 Å². The van der Waals surface area contributed by atoms with Gasteiger partial charge in [-0.15, -0.1) is 0 Å². The van der Waals surface area contributed by atoms with E-state index in [-0.39, 0.29) is 0 Å². The summed E-state index contributed by atoms with van der Waals surface area (Å²) in [5.74, 6) is 0. The van der Waals surface area contributed by atoms with Gasteiger partial charge in [0.2, 0.25) is 0 Å². The standard InChI is InChI=1S/C18H32N2O/c1-6-16(7-2)20(13-14-21-5)18-12-10-9-11-17(18)15(4)19-8-3/h9-12,15-16,19H,6-8,13-14H2,1-5H3. The normalized spacial score (nSPS) is 12.7. The maximum absolute atomic E-state index is 5.32. The minimum Gasteiger partial charge on any atom is -0.383 e. The van der Waals surface area contributed by atoms with Crippen LogP contribution in [0.2, 0.25) is 0 Å². The molecule has 0 aliphatic rings. The second-order valence-electron chi connectivity index (χ2n) is 5.49. The summed E-state index contributed by atoms with van der Waals surface area (Å²) in [4.78, 5) is 2.52. The van der Waals surface area contributed by atoms with E-state index in [0.29, 0.717) is 12.1 Å². The highest BCUT2D eigenvalue weighted by Gasteiger charge is 2.20. The van der Waals surface area contributed by atoms with Gasteiger partial charge in [0.05, 0.1) is 6.61 Å². The fraction of sp³-hybridized carbons (Fsp3) is 0.667. The average molecular weight is 292 g/mol. The molecule has 1 rings (SSSR count). The number of ether oxygens (including phenoxy) is 1. The molecule has 1 aromatic rings. The summed E-state index contributed by atoms with van der Waals surface area (Å²) in [6.45, 7) is 11.6. The van der Waals surface area contributed by atoms with E-state index < -0.39 is 0 Å². The molecule has 0 aliphatic heterocycles. The summed E-state index contributed by atoms with van der Waals surface area (Å²) in [7, 11) is 1.78. The van der Waals surface area contributed by atoms with Gasteiger partial charge in [0.15, 0.2) is 0 Å². The molecule has 0 radical (unpaired) electrons. The van der Waals surface area contributed by atoms with Crippen molar-refractivity contribution in [2.45, 2.75) is 52.6 Å². The summed E-state index contributed by atoms with van der Waals surface area (Å²) in [6, 6.07) is 9.69. The Morgan fingerprint density at radius 1 is 1.14 bits per heavy atom. The Labute approximate surface area is 130 Å². The summed E-state index contributed by atoms with van der Waals surface area (Å²) < 4.78 is 5.32. The molecule has 0 aromatic heterocycles. The van der Waals surface area contributed by atoms with Gasteiger partial charge in [-0.25, -0.2) is 0 Å². The number of para-hydroxylation sites is 1. The smallest absolute Gasteiger partial charge is 0.0637 e. The van der Waals surface area contributed by atoms with Crippen molar-refractivity contribution in [3.8, 4) is 0 Å². The van der Waals surface area contributed by atoms with Crippen molar-refractivity contribution in [2.24, 2.45) is 0 Å². The number of methoxy groups -OCH3 is 1. The van der Waals surface area contributed by atoms with E-state index in [1.165, 1.54) is 11.3 Å². The average Bonchev–Trinajstić information content (AvgIpc) is 2.52. The SMILES string of the molecule is CCNC(C)c1ccccc1N(CCOC)C(CC)CC. The van der Waals surface area contributed by atoms with E-state index >= 15 is 0 Å². The molecule has 1 N–H and O–H groups in total. The van der Waals surface area contributed by atoms with Crippen LogP contribution >= 0.6 is 0 Å². The molecule has 0 spiro atoms. The Balaban J connectivity index is 3.10. The van der Waals surface area contributed by atoms with Crippen LogP contribution < -0.4 is 10.2 Å². The van der Waals surface area contributed by atoms with Crippen molar-refractivity contribution in [3.63, 3.8) is 0 Å². The summed E-state index contributed by atoms with van der Waals surface area (Å²) in [5, 5.41) is 3.53. The van der Waals surface area contributed by atoms with Crippen LogP contribution in [0.15, 0.2) is 24.3 Å². The number of rotatable bonds is 10. The molecule has 21 heavy (non-hydrogen) atoms. The first-order valence-corrected chi connectivity index (χ1v) is 8.27. The van der Waals surface area contributed by atoms with E-state index in [2.05, 4.69) is 62.2 Å². The number of benzene rings is 1. The topological polar surface area (TPSA) is 24.5 Å². The minimum atomic E-state index is 0.366. The lowest BCUT2D eigenvalue weighted by molar-refractivity contribution is 0.202. The number of hydrogen-bond donors (Lipinski definition) is 1. The third-order valence-electron chi connectivity index (χ3n) is 4.14. The second kappa shape index (κ2) is 9.80. The number of anilines is 1. The first-order chi connectivity index (χ1) is 10.2. The molecule has 0 fully saturated rings. The summed E-state index contributed by atoms with van der Waals surface area (Å²) >= 11 is 0. The van der Waals surface area contributed by atoms with Gasteiger partial charge in [-0.2, -0.15) is 0 Å². The molecule has 0 saturated carbocycles. The Morgan fingerprint density at radius 2 is 1.81 bits per heavy atom. The van der Waals surface area contributed by atoms with Crippen LogP contribution in [0.25, 0.3) is 0 Å². The maximum Gasteiger partial charge on any atom is 0.0637 e. The van der Waals surface area contributed by atoms with Crippen molar-refractivity contribution in [1.29, 1.82) is 0 Å². The van der Waals surface area contributed by atoms with Crippen LogP contribution in [-0.2, 0) is 4.74 Å². The molecule has 1 unspecified atom stereocenters. The fourth-order valence-electron chi connectivity index (χ4n) is 2.95. The van der Waals surface area contributed by atoms with Gasteiger partial charge in [0, 0.05) is 31.4 Å². The van der Waals surface area contributed by atoms with E-state index in [9.17, 15) is 0 Å². The van der Waals surface area contributed by atoms with Crippen molar-refractivity contribution < 1.29 is 4.74 Å². The molecule has 0 aliphatic carbocycles. The number of nitrogens with zero attached hydrogens (tertiary/aromatic N) is 1. The molecule has 0 amide bonds. The van der Waals surface area contributed by atoms with Gasteiger partial charge in [-0.05, 0) is 37.9 Å². The molecule has 3 heteroatoms. The van der Waals surface area contributed by atoms with Crippen molar-refractivity contribution in [1.82, 2.24) is 5.32 Å². The third kappa shape index (κ3) is 5.01. The molecule has 3 nitrogen and oxygen atoms in total. The first-order valence-electron chi connectivity index (χ1n) is 8.27. The van der Waals surface area contributed by atoms with Gasteiger partial charge in [0.25, 0.3) is 0 Å². The van der Waals surface area contributed by atoms with E-state index in [1.54, 1.807) is 7.11 Å². The molecule has 120 valence electrons. The van der Waals surface area contributed by atoms with Gasteiger partial charge in [0.1, 0.15) is 0 Å². The summed E-state index contributed by atoms with van der Waals surface area (Å²) in [5.41, 5.74) is 2.72. The highest BCUT2D eigenvalue weighted by Crippen LogP contribution is 2.29. The molecular formula is C18H32N2O. The van der Waals surface area contributed by atoms with Crippen LogP contribution in [0.3, 0.4) is 0 Å². The van der Waals surface area contributed by atoms with E-state index in [4.69, 9.17) is 4.74 Å². The Morgan fingerprint density at radius 3 is 2.38 bits per heavy atom. The largest absolute Gasteiger partial charge is 0.383 e. The van der Waals surface area contributed by atoms with Gasteiger partial charge in [-0.3, -0.25) is 0 Å². The van der Waals surface area contributed by atoms with Crippen molar-refractivity contribution in [2.75, 3.05) is 31.7 Å². The first kappa shape index (κ1) is 18.0. The van der Waals surface area contributed by atoms with Gasteiger partial charge < -0.3 is 15.0 Å². The maximum atomic E-state index is 5.32. The monoisotopic (exact) mass is 292 g/mol. The van der Waals surface area contributed by atoms with Crippen LogP contribution in [0.4, 0.5) is 5.69 Å². The number of nitrogens with one attached hydrogen (secondary N) is 1. The molecule has 0 saturated heterocycles. The zero-order valence-corrected chi connectivity index (χ0v) is 14.4. The third-order valence-corrected chi connectivity index (χ3v) is 4.14. The molecule has 1 atom stereocenters. The van der Waals surface area contributed by atoms with Crippen LogP contribution in [0.5, 0.6) is 0 Å². The van der Waals surface area contributed by atoms with Gasteiger partial charge in [-0.1, -0.05) is 39.0 Å². The Bertz CT molecular complexity index is 391. The zero-order chi connectivity index (χ0) is 15.7. The second-order valence-corrected chi connectivity index (χ2v) is 5.49. The molecule has 0 heterocycles. The zero-order valence-electron chi connectivity index (χ0n) is 14.4. The van der Waals surface area contributed by atoms with E-state index in [0.717, 1.165) is 32.5 Å². The minimum absolute atomic E-state index is 0.366. The highest BCUT2D eigenvalue weighted by atomic mass is 16.5. The number of hydrogen-bond acceptors (Lipinski definition) is 3. The van der Waals surface area contributed by atoms with Crippen LogP contribution in [0, 0.1) is 0 Å².